The zero-order chi connectivity index (χ0) is 17.0. The summed E-state index contributed by atoms with van der Waals surface area (Å²) in [5.74, 6) is -0.124. The number of likely N-dealkylation sites (tertiary alicyclic amines) is 1. The van der Waals surface area contributed by atoms with Gasteiger partial charge < -0.3 is 9.47 Å². The molecule has 23 heavy (non-hydrogen) atoms. The van der Waals surface area contributed by atoms with E-state index in [2.05, 4.69) is 0 Å². The number of nitrogens with zero attached hydrogens (tertiary/aromatic N) is 1. The molecule has 2 rings (SSSR count). The fraction of sp³-hybridized carbons (Fsp3) is 0.556. The van der Waals surface area contributed by atoms with Crippen LogP contribution in [0, 0.1) is 5.92 Å². The molecule has 5 heteroatoms. The van der Waals surface area contributed by atoms with Crippen molar-refractivity contribution in [1.29, 1.82) is 0 Å². The highest BCUT2D eigenvalue weighted by atomic mass is 16.6. The molecule has 1 fully saturated rings. The number of esters is 1. The Morgan fingerprint density at radius 1 is 1.22 bits per heavy atom. The molecule has 1 heterocycles. The summed E-state index contributed by atoms with van der Waals surface area (Å²) in [6.45, 7) is 8.18. The summed E-state index contributed by atoms with van der Waals surface area (Å²) in [7, 11) is 0. The van der Waals surface area contributed by atoms with Gasteiger partial charge in [-0.25, -0.2) is 9.59 Å². The maximum absolute atomic E-state index is 12.4. The zero-order valence-corrected chi connectivity index (χ0v) is 14.2. The molecule has 126 valence electrons. The lowest BCUT2D eigenvalue weighted by Crippen LogP contribution is -2.44. The van der Waals surface area contributed by atoms with Crippen molar-refractivity contribution in [3.8, 4) is 0 Å². The number of ether oxygens (including phenoxy) is 2. The maximum Gasteiger partial charge on any atom is 0.411 e. The Morgan fingerprint density at radius 2 is 1.87 bits per heavy atom. The van der Waals surface area contributed by atoms with E-state index in [1.807, 2.05) is 58.0 Å². The molecule has 0 radical (unpaired) electrons. The van der Waals surface area contributed by atoms with Crippen LogP contribution in [0.1, 0.15) is 39.7 Å². The number of benzene rings is 1. The van der Waals surface area contributed by atoms with E-state index in [0.717, 1.165) is 5.56 Å². The molecule has 1 saturated heterocycles. The Hall–Kier alpha value is -2.04. The topological polar surface area (TPSA) is 55.8 Å². The van der Waals surface area contributed by atoms with Gasteiger partial charge in [0, 0.05) is 6.54 Å². The van der Waals surface area contributed by atoms with E-state index in [9.17, 15) is 9.59 Å². The Labute approximate surface area is 137 Å². The molecule has 1 aliphatic heterocycles. The Kier molecular flexibility index (Phi) is 5.29. The van der Waals surface area contributed by atoms with Crippen LogP contribution in [0.15, 0.2) is 30.3 Å². The van der Waals surface area contributed by atoms with Gasteiger partial charge >= 0.3 is 12.1 Å². The van der Waals surface area contributed by atoms with Crippen molar-refractivity contribution in [2.45, 2.75) is 52.4 Å². The number of hydrogen-bond donors (Lipinski definition) is 0. The molecular formula is C18H25NO4. The van der Waals surface area contributed by atoms with E-state index in [1.165, 1.54) is 4.90 Å². The standard InChI is InChI=1S/C18H25NO4/c1-13-10-15(19(11-13)17(21)23-18(2,3)4)16(20)22-12-14-8-6-5-7-9-14/h5-9,13,15H,10-12H2,1-4H3. The Balaban J connectivity index is 1.98. The predicted octanol–water partition coefficient (Wildman–Crippen LogP) is 3.38. The van der Waals surface area contributed by atoms with Crippen LogP contribution in [0.3, 0.4) is 0 Å². The highest BCUT2D eigenvalue weighted by Crippen LogP contribution is 2.26. The molecule has 2 unspecified atom stereocenters. The van der Waals surface area contributed by atoms with Gasteiger partial charge in [0.2, 0.25) is 0 Å². The van der Waals surface area contributed by atoms with Gasteiger partial charge in [-0.05, 0) is 38.7 Å². The summed E-state index contributed by atoms with van der Waals surface area (Å²) in [6, 6.07) is 8.94. The second-order valence-corrected chi connectivity index (χ2v) is 7.08. The van der Waals surface area contributed by atoms with Crippen molar-refractivity contribution in [3.63, 3.8) is 0 Å². The molecule has 5 nitrogen and oxygen atoms in total. The highest BCUT2D eigenvalue weighted by Gasteiger charge is 2.40. The third kappa shape index (κ3) is 4.98. The number of rotatable bonds is 3. The Bertz CT molecular complexity index is 550. The predicted molar refractivity (Wildman–Crippen MR) is 86.7 cm³/mol. The van der Waals surface area contributed by atoms with Gasteiger partial charge in [-0.2, -0.15) is 0 Å². The van der Waals surface area contributed by atoms with Crippen LogP contribution in [0.2, 0.25) is 0 Å². The first-order chi connectivity index (χ1) is 10.8. The molecule has 0 aliphatic carbocycles. The first-order valence-electron chi connectivity index (χ1n) is 7.96. The quantitative estimate of drug-likeness (QED) is 0.802. The van der Waals surface area contributed by atoms with Crippen LogP contribution in [0.4, 0.5) is 4.79 Å². The highest BCUT2D eigenvalue weighted by molar-refractivity contribution is 5.82. The lowest BCUT2D eigenvalue weighted by atomic mass is 10.1. The van der Waals surface area contributed by atoms with Gasteiger partial charge in [0.25, 0.3) is 0 Å². The lowest BCUT2D eigenvalue weighted by Gasteiger charge is -2.27. The zero-order valence-electron chi connectivity index (χ0n) is 14.2. The van der Waals surface area contributed by atoms with E-state index in [0.29, 0.717) is 13.0 Å². The minimum atomic E-state index is -0.582. The van der Waals surface area contributed by atoms with E-state index in [1.54, 1.807) is 0 Å². The normalized spacial score (nSPS) is 21.1. The van der Waals surface area contributed by atoms with Gasteiger partial charge in [-0.1, -0.05) is 37.3 Å². The molecule has 0 N–H and O–H groups in total. The second-order valence-electron chi connectivity index (χ2n) is 7.08. The smallest absolute Gasteiger partial charge is 0.411 e. The molecule has 2 atom stereocenters. The molecule has 0 aromatic heterocycles. The maximum atomic E-state index is 12.4. The third-order valence-electron chi connectivity index (χ3n) is 3.63. The molecule has 0 saturated carbocycles. The van der Waals surface area contributed by atoms with Gasteiger partial charge in [0.15, 0.2) is 0 Å². The Morgan fingerprint density at radius 3 is 2.48 bits per heavy atom. The number of carbonyl (C=O) groups is 2. The largest absolute Gasteiger partial charge is 0.459 e. The number of amides is 1. The lowest BCUT2D eigenvalue weighted by molar-refractivity contribution is -0.150. The molecule has 0 bridgehead atoms. The number of hydrogen-bond acceptors (Lipinski definition) is 4. The van der Waals surface area contributed by atoms with Crippen LogP contribution in [0.5, 0.6) is 0 Å². The minimum Gasteiger partial charge on any atom is -0.459 e. The average molecular weight is 319 g/mol. The fourth-order valence-electron chi connectivity index (χ4n) is 2.62. The fourth-order valence-corrected chi connectivity index (χ4v) is 2.62. The van der Waals surface area contributed by atoms with Crippen molar-refractivity contribution >= 4 is 12.1 Å². The van der Waals surface area contributed by atoms with Crippen molar-refractivity contribution in [2.24, 2.45) is 5.92 Å². The van der Waals surface area contributed by atoms with Crippen molar-refractivity contribution < 1.29 is 19.1 Å². The van der Waals surface area contributed by atoms with Crippen LogP contribution in [-0.4, -0.2) is 35.2 Å². The van der Waals surface area contributed by atoms with E-state index < -0.39 is 17.7 Å². The summed E-state index contributed by atoms with van der Waals surface area (Å²) in [5.41, 5.74) is 0.345. The van der Waals surface area contributed by atoms with Gasteiger partial charge in [0.1, 0.15) is 18.2 Å². The minimum absolute atomic E-state index is 0.215. The first kappa shape index (κ1) is 17.3. The molecule has 1 aromatic carbocycles. The summed E-state index contributed by atoms with van der Waals surface area (Å²) in [6.07, 6.45) is 0.149. The van der Waals surface area contributed by atoms with Gasteiger partial charge in [-0.15, -0.1) is 0 Å². The number of carbonyl (C=O) groups excluding carboxylic acids is 2. The van der Waals surface area contributed by atoms with Gasteiger partial charge in [0.05, 0.1) is 0 Å². The summed E-state index contributed by atoms with van der Waals surface area (Å²) in [5, 5.41) is 0. The molecule has 1 aliphatic rings. The third-order valence-corrected chi connectivity index (χ3v) is 3.63. The molecular weight excluding hydrogens is 294 g/mol. The summed E-state index contributed by atoms with van der Waals surface area (Å²) in [4.78, 5) is 26.2. The van der Waals surface area contributed by atoms with Gasteiger partial charge in [-0.3, -0.25) is 4.90 Å². The van der Waals surface area contributed by atoms with Crippen LogP contribution in [0.25, 0.3) is 0 Å². The molecule has 1 aromatic rings. The monoisotopic (exact) mass is 319 g/mol. The summed E-state index contributed by atoms with van der Waals surface area (Å²) < 4.78 is 10.8. The average Bonchev–Trinajstić information content (AvgIpc) is 2.86. The van der Waals surface area contributed by atoms with E-state index >= 15 is 0 Å². The van der Waals surface area contributed by atoms with E-state index in [-0.39, 0.29) is 18.5 Å². The van der Waals surface area contributed by atoms with Crippen molar-refractivity contribution in [3.05, 3.63) is 35.9 Å². The van der Waals surface area contributed by atoms with Crippen LogP contribution < -0.4 is 0 Å². The molecule has 1 amide bonds. The van der Waals surface area contributed by atoms with Crippen LogP contribution in [-0.2, 0) is 20.9 Å². The summed E-state index contributed by atoms with van der Waals surface area (Å²) >= 11 is 0. The first-order valence-corrected chi connectivity index (χ1v) is 7.96. The van der Waals surface area contributed by atoms with E-state index in [4.69, 9.17) is 9.47 Å². The molecule has 0 spiro atoms. The van der Waals surface area contributed by atoms with Crippen molar-refractivity contribution in [2.75, 3.05) is 6.54 Å². The van der Waals surface area contributed by atoms with Crippen molar-refractivity contribution in [1.82, 2.24) is 4.90 Å². The second kappa shape index (κ2) is 7.02. The van der Waals surface area contributed by atoms with Crippen LogP contribution >= 0.6 is 0 Å². The SMILES string of the molecule is CC1CC(C(=O)OCc2ccccc2)N(C(=O)OC(C)(C)C)C1.